The van der Waals surface area contributed by atoms with Crippen molar-refractivity contribution in [2.75, 3.05) is 13.1 Å². The maximum Gasteiger partial charge on any atom is 0.410 e. The first-order valence-electron chi connectivity index (χ1n) is 8.76. The minimum atomic E-state index is -1.29. The minimum absolute atomic E-state index is 0.0805. The summed E-state index contributed by atoms with van der Waals surface area (Å²) in [7, 11) is 0. The number of benzene rings is 1. The Labute approximate surface area is 152 Å². The van der Waals surface area contributed by atoms with Crippen LogP contribution in [0, 0.1) is 5.41 Å². The fourth-order valence-corrected chi connectivity index (χ4v) is 3.66. The van der Waals surface area contributed by atoms with E-state index in [9.17, 15) is 9.35 Å². The zero-order valence-corrected chi connectivity index (χ0v) is 16.0. The van der Waals surface area contributed by atoms with Crippen LogP contribution in [0.1, 0.15) is 45.6 Å². The number of hydrogen-bond donors (Lipinski definition) is 0. The first-order valence-corrected chi connectivity index (χ1v) is 9.87. The summed E-state index contributed by atoms with van der Waals surface area (Å²) in [4.78, 5) is 14.1. The molecule has 2 fully saturated rings. The fraction of sp³-hybridized carbons (Fsp3) is 0.579. The predicted molar refractivity (Wildman–Crippen MR) is 99.8 cm³/mol. The van der Waals surface area contributed by atoms with Crippen molar-refractivity contribution in [3.8, 4) is 0 Å². The molecule has 1 unspecified atom stereocenters. The molecular formula is C19H26N2O3S. The van der Waals surface area contributed by atoms with Crippen molar-refractivity contribution in [3.63, 3.8) is 0 Å². The maximum atomic E-state index is 12.4. The van der Waals surface area contributed by atoms with Gasteiger partial charge in [0.25, 0.3) is 0 Å². The van der Waals surface area contributed by atoms with Gasteiger partial charge in [-0.25, -0.2) is 4.79 Å². The molecule has 1 aromatic rings. The van der Waals surface area contributed by atoms with E-state index in [0.717, 1.165) is 30.5 Å². The summed E-state index contributed by atoms with van der Waals surface area (Å²) in [6.07, 6.45) is 2.72. The van der Waals surface area contributed by atoms with Gasteiger partial charge in [-0.3, -0.25) is 0 Å². The number of ether oxygens (including phenoxy) is 1. The molecule has 0 N–H and O–H groups in total. The van der Waals surface area contributed by atoms with Gasteiger partial charge < -0.3 is 14.2 Å². The van der Waals surface area contributed by atoms with Gasteiger partial charge in [-0.1, -0.05) is 34.7 Å². The van der Waals surface area contributed by atoms with E-state index in [-0.39, 0.29) is 22.9 Å². The molecular weight excluding hydrogens is 336 g/mol. The van der Waals surface area contributed by atoms with E-state index >= 15 is 0 Å². The van der Waals surface area contributed by atoms with E-state index in [0.29, 0.717) is 13.1 Å². The Morgan fingerprint density at radius 1 is 1.28 bits per heavy atom. The molecule has 136 valence electrons. The Kier molecular flexibility index (Phi) is 5.11. The van der Waals surface area contributed by atoms with Crippen LogP contribution < -0.4 is 0 Å². The van der Waals surface area contributed by atoms with Gasteiger partial charge >= 0.3 is 6.09 Å². The normalized spacial score (nSPS) is 22.1. The van der Waals surface area contributed by atoms with Gasteiger partial charge in [0.1, 0.15) is 22.7 Å². The highest BCUT2D eigenvalue weighted by Gasteiger charge is 2.52. The summed E-state index contributed by atoms with van der Waals surface area (Å²) in [5.74, 6) is 0. The van der Waals surface area contributed by atoms with Crippen LogP contribution in [-0.2, 0) is 22.7 Å². The number of amides is 1. The second kappa shape index (κ2) is 7.00. The summed E-state index contributed by atoms with van der Waals surface area (Å²) in [5, 5.41) is 0. The maximum absolute atomic E-state index is 12.4. The lowest BCUT2D eigenvalue weighted by molar-refractivity contribution is 0.0962. The van der Waals surface area contributed by atoms with Crippen molar-refractivity contribution in [1.29, 1.82) is 0 Å². The van der Waals surface area contributed by atoms with E-state index in [4.69, 9.17) is 4.74 Å². The van der Waals surface area contributed by atoms with Crippen molar-refractivity contribution in [3.05, 3.63) is 35.9 Å². The van der Waals surface area contributed by atoms with E-state index < -0.39 is 11.4 Å². The summed E-state index contributed by atoms with van der Waals surface area (Å²) >= 11 is -1.29. The van der Waals surface area contributed by atoms with Gasteiger partial charge in [0.05, 0.1) is 12.3 Å². The number of likely N-dealkylation sites (tertiary alicyclic amines) is 1. The number of piperidine rings is 1. The van der Waals surface area contributed by atoms with E-state index in [2.05, 4.69) is 4.40 Å². The van der Waals surface area contributed by atoms with Gasteiger partial charge in [0.15, 0.2) is 0 Å². The molecule has 1 atom stereocenters. The van der Waals surface area contributed by atoms with Crippen molar-refractivity contribution in [2.24, 2.45) is 9.81 Å². The second-order valence-electron chi connectivity index (χ2n) is 7.89. The van der Waals surface area contributed by atoms with Crippen LogP contribution in [0.4, 0.5) is 4.79 Å². The van der Waals surface area contributed by atoms with Crippen LogP contribution in [0.15, 0.2) is 34.7 Å². The molecule has 5 nitrogen and oxygen atoms in total. The number of rotatable bonds is 3. The molecule has 0 radical (unpaired) electrons. The largest absolute Gasteiger partial charge is 0.591 e. The quantitative estimate of drug-likeness (QED) is 0.770. The third kappa shape index (κ3) is 4.36. The molecule has 1 spiro atoms. The monoisotopic (exact) mass is 362 g/mol. The zero-order valence-electron chi connectivity index (χ0n) is 15.2. The Balaban J connectivity index is 1.64. The molecule has 1 saturated heterocycles. The van der Waals surface area contributed by atoms with Crippen molar-refractivity contribution in [1.82, 2.24) is 4.90 Å². The third-order valence-corrected chi connectivity index (χ3v) is 6.28. The molecule has 0 aromatic heterocycles. The average Bonchev–Trinajstić information content (AvgIpc) is 3.35. The molecule has 6 heteroatoms. The molecule has 25 heavy (non-hydrogen) atoms. The van der Waals surface area contributed by atoms with Gasteiger partial charge in [0.2, 0.25) is 0 Å². The average molecular weight is 362 g/mol. The van der Waals surface area contributed by atoms with Gasteiger partial charge in [-0.05, 0) is 45.6 Å². The lowest BCUT2D eigenvalue weighted by Crippen LogP contribution is -2.46. The number of carbonyl (C=O) groups excluding carboxylic acids is 1. The first-order chi connectivity index (χ1) is 11.8. The summed E-state index contributed by atoms with van der Waals surface area (Å²) in [5.41, 5.74) is 1.95. The molecule has 0 bridgehead atoms. The SMILES string of the molecule is CC(C)(C)[S+]([O-])N=C1CN(C(=O)OCc2ccccc2)CCC12CC2. The second-order valence-corrected chi connectivity index (χ2v) is 9.80. The summed E-state index contributed by atoms with van der Waals surface area (Å²) in [6, 6.07) is 9.65. The summed E-state index contributed by atoms with van der Waals surface area (Å²) in [6.45, 7) is 7.12. The van der Waals surface area contributed by atoms with Crippen LogP contribution >= 0.6 is 0 Å². The number of carbonyl (C=O) groups is 1. The Morgan fingerprint density at radius 2 is 1.96 bits per heavy atom. The number of nitrogens with zero attached hydrogens (tertiary/aromatic N) is 2. The van der Waals surface area contributed by atoms with Crippen molar-refractivity contribution >= 4 is 23.2 Å². The van der Waals surface area contributed by atoms with Crippen LogP contribution in [0.3, 0.4) is 0 Å². The highest BCUT2D eigenvalue weighted by Crippen LogP contribution is 2.52. The number of hydrogen-bond acceptors (Lipinski definition) is 4. The lowest BCUT2D eigenvalue weighted by Gasteiger charge is -2.33. The lowest BCUT2D eigenvalue weighted by atomic mass is 9.92. The predicted octanol–water partition coefficient (Wildman–Crippen LogP) is 3.71. The standard InChI is InChI=1S/C19H26N2O3S/c1-18(2,3)25(23)20-16-13-21(12-11-19(16)9-10-19)17(22)24-14-15-7-5-4-6-8-15/h4-8H,9-14H2,1-3H3. The van der Waals surface area contributed by atoms with E-state index in [1.54, 1.807) is 4.90 Å². The Bertz CT molecular complexity index is 650. The molecule has 1 aliphatic heterocycles. The van der Waals surface area contributed by atoms with Gasteiger partial charge in [-0.15, -0.1) is 0 Å². The molecule has 1 amide bonds. The van der Waals surface area contributed by atoms with Crippen LogP contribution in [0.25, 0.3) is 0 Å². The minimum Gasteiger partial charge on any atom is -0.591 e. The van der Waals surface area contributed by atoms with Crippen LogP contribution in [-0.4, -0.2) is 39.1 Å². The van der Waals surface area contributed by atoms with Crippen molar-refractivity contribution < 1.29 is 14.1 Å². The molecule has 1 aliphatic carbocycles. The third-order valence-electron chi connectivity index (χ3n) is 4.85. The molecule has 2 aliphatic rings. The fourth-order valence-electron chi connectivity index (χ4n) is 2.94. The molecule has 1 saturated carbocycles. The molecule has 1 aromatic carbocycles. The Morgan fingerprint density at radius 3 is 2.56 bits per heavy atom. The van der Waals surface area contributed by atoms with Crippen LogP contribution in [0.2, 0.25) is 0 Å². The topological polar surface area (TPSA) is 65.0 Å². The van der Waals surface area contributed by atoms with Crippen LogP contribution in [0.5, 0.6) is 0 Å². The molecule has 3 rings (SSSR count). The summed E-state index contributed by atoms with van der Waals surface area (Å²) < 4.78 is 22.0. The first kappa shape index (κ1) is 18.3. The molecule has 1 heterocycles. The van der Waals surface area contributed by atoms with Gasteiger partial charge in [0, 0.05) is 12.0 Å². The highest BCUT2D eigenvalue weighted by molar-refractivity contribution is 7.91. The van der Waals surface area contributed by atoms with E-state index in [1.807, 2.05) is 51.1 Å². The zero-order chi connectivity index (χ0) is 18.1. The van der Waals surface area contributed by atoms with Gasteiger partial charge in [-0.2, -0.15) is 0 Å². The highest BCUT2D eigenvalue weighted by atomic mass is 32.2. The van der Waals surface area contributed by atoms with E-state index in [1.165, 1.54) is 0 Å². The Hall–Kier alpha value is -1.53. The van der Waals surface area contributed by atoms with Crippen molar-refractivity contribution in [2.45, 2.75) is 51.4 Å². The smallest absolute Gasteiger partial charge is 0.410 e.